The van der Waals surface area contributed by atoms with E-state index in [1.54, 1.807) is 0 Å². The predicted molar refractivity (Wildman–Crippen MR) is 85.0 cm³/mol. The second-order valence-corrected chi connectivity index (χ2v) is 6.71. The van der Waals surface area contributed by atoms with Gasteiger partial charge >= 0.3 is 0 Å². The first-order chi connectivity index (χ1) is 10.1. The van der Waals surface area contributed by atoms with Gasteiger partial charge in [-0.25, -0.2) is 0 Å². The van der Waals surface area contributed by atoms with Gasteiger partial charge in [0.05, 0.1) is 5.41 Å². The Hall–Kier alpha value is -1.35. The van der Waals surface area contributed by atoms with Crippen molar-refractivity contribution in [3.63, 3.8) is 0 Å². The number of carbonyl (C=O) groups is 1. The van der Waals surface area contributed by atoms with E-state index >= 15 is 0 Å². The van der Waals surface area contributed by atoms with Crippen LogP contribution in [0.5, 0.6) is 0 Å². The third-order valence-electron chi connectivity index (χ3n) is 5.06. The summed E-state index contributed by atoms with van der Waals surface area (Å²) < 4.78 is 0. The van der Waals surface area contributed by atoms with Crippen LogP contribution in [-0.2, 0) is 11.3 Å². The average Bonchev–Trinajstić information content (AvgIpc) is 3.21. The van der Waals surface area contributed by atoms with Crippen molar-refractivity contribution in [1.29, 1.82) is 0 Å². The van der Waals surface area contributed by atoms with E-state index in [4.69, 9.17) is 0 Å². The van der Waals surface area contributed by atoms with Crippen molar-refractivity contribution in [1.82, 2.24) is 10.2 Å². The number of hydrogen-bond acceptors (Lipinski definition) is 2. The number of nitrogens with one attached hydrogen (secondary N) is 1. The summed E-state index contributed by atoms with van der Waals surface area (Å²) in [5.74, 6) is 0.374. The highest BCUT2D eigenvalue weighted by molar-refractivity contribution is 5.84. The summed E-state index contributed by atoms with van der Waals surface area (Å²) >= 11 is 0. The van der Waals surface area contributed by atoms with Crippen LogP contribution in [0.2, 0.25) is 0 Å². The third kappa shape index (κ3) is 2.98. The lowest BCUT2D eigenvalue weighted by molar-refractivity contribution is -0.142. The Morgan fingerprint density at radius 3 is 2.81 bits per heavy atom. The van der Waals surface area contributed by atoms with Crippen molar-refractivity contribution < 1.29 is 4.79 Å². The zero-order chi connectivity index (χ0) is 14.9. The molecule has 0 radical (unpaired) electrons. The van der Waals surface area contributed by atoms with E-state index in [0.29, 0.717) is 11.9 Å². The Kier molecular flexibility index (Phi) is 4.03. The summed E-state index contributed by atoms with van der Waals surface area (Å²) in [6.45, 7) is 6.86. The van der Waals surface area contributed by atoms with Gasteiger partial charge in [0.25, 0.3) is 0 Å². The van der Waals surface area contributed by atoms with Crippen LogP contribution in [0, 0.1) is 12.3 Å². The molecule has 114 valence electrons. The first-order valence-electron chi connectivity index (χ1n) is 8.22. The van der Waals surface area contributed by atoms with E-state index in [1.807, 2.05) is 0 Å². The van der Waals surface area contributed by atoms with Crippen LogP contribution in [0.4, 0.5) is 0 Å². The molecular weight excluding hydrogens is 260 g/mol. The molecule has 0 aromatic heterocycles. The molecule has 3 heteroatoms. The monoisotopic (exact) mass is 286 g/mol. The maximum Gasteiger partial charge on any atom is 0.230 e. The van der Waals surface area contributed by atoms with Crippen LogP contribution in [0.1, 0.15) is 43.7 Å². The highest BCUT2D eigenvalue weighted by Gasteiger charge is 2.45. The van der Waals surface area contributed by atoms with Gasteiger partial charge in [-0.05, 0) is 44.7 Å². The van der Waals surface area contributed by atoms with Crippen LogP contribution < -0.4 is 5.32 Å². The average molecular weight is 286 g/mol. The molecule has 1 aromatic carbocycles. The van der Waals surface area contributed by atoms with Crippen LogP contribution in [0.3, 0.4) is 0 Å². The number of amides is 1. The van der Waals surface area contributed by atoms with Crippen molar-refractivity contribution in [3.8, 4) is 0 Å². The fourth-order valence-electron chi connectivity index (χ4n) is 3.44. The maximum absolute atomic E-state index is 13.2. The summed E-state index contributed by atoms with van der Waals surface area (Å²) in [5, 5.41) is 3.38. The lowest BCUT2D eigenvalue weighted by atomic mass is 9.82. The molecule has 0 spiro atoms. The normalized spacial score (nSPS) is 25.0. The van der Waals surface area contributed by atoms with Crippen LogP contribution >= 0.6 is 0 Å². The molecule has 1 aromatic rings. The van der Waals surface area contributed by atoms with E-state index < -0.39 is 0 Å². The van der Waals surface area contributed by atoms with Gasteiger partial charge in [0, 0.05) is 19.1 Å². The molecule has 3 rings (SSSR count). The van der Waals surface area contributed by atoms with Gasteiger partial charge in [0.1, 0.15) is 0 Å². The molecule has 0 bridgehead atoms. The van der Waals surface area contributed by atoms with Crippen LogP contribution in [-0.4, -0.2) is 29.9 Å². The van der Waals surface area contributed by atoms with E-state index in [2.05, 4.69) is 48.3 Å². The standard InChI is InChI=1S/C18H26N2O/c1-3-18(9-10-19-13-18)17(21)20(16-7-8-16)12-15-6-4-5-14(2)11-15/h4-6,11,16,19H,3,7-10,12-13H2,1-2H3. The second kappa shape index (κ2) is 5.80. The lowest BCUT2D eigenvalue weighted by Crippen LogP contribution is -2.45. The maximum atomic E-state index is 13.2. The van der Waals surface area contributed by atoms with Gasteiger partial charge < -0.3 is 10.2 Å². The summed E-state index contributed by atoms with van der Waals surface area (Å²) in [5.41, 5.74) is 2.36. The molecule has 2 fully saturated rings. The van der Waals surface area contributed by atoms with E-state index in [0.717, 1.165) is 32.5 Å². The SMILES string of the molecule is CCC1(C(=O)N(Cc2cccc(C)c2)C2CC2)CCNC1. The molecule has 1 aliphatic carbocycles. The smallest absolute Gasteiger partial charge is 0.230 e. The number of rotatable bonds is 5. The molecule has 1 N–H and O–H groups in total. The molecule has 1 atom stereocenters. The zero-order valence-electron chi connectivity index (χ0n) is 13.2. The van der Waals surface area contributed by atoms with E-state index in [-0.39, 0.29) is 5.41 Å². The summed E-state index contributed by atoms with van der Waals surface area (Å²) in [7, 11) is 0. The number of benzene rings is 1. The number of carbonyl (C=O) groups excluding carboxylic acids is 1. The molecule has 2 aliphatic rings. The van der Waals surface area contributed by atoms with Crippen molar-refractivity contribution in [2.45, 2.75) is 52.1 Å². The summed E-state index contributed by atoms with van der Waals surface area (Å²) in [6, 6.07) is 9.02. The Morgan fingerprint density at radius 1 is 1.43 bits per heavy atom. The minimum absolute atomic E-state index is 0.160. The highest BCUT2D eigenvalue weighted by Crippen LogP contribution is 2.37. The molecule has 1 saturated carbocycles. The number of hydrogen-bond donors (Lipinski definition) is 1. The lowest BCUT2D eigenvalue weighted by Gasteiger charge is -2.33. The third-order valence-corrected chi connectivity index (χ3v) is 5.06. The molecule has 1 amide bonds. The summed E-state index contributed by atoms with van der Waals surface area (Å²) in [4.78, 5) is 15.3. The van der Waals surface area contributed by atoms with Crippen molar-refractivity contribution >= 4 is 5.91 Å². The largest absolute Gasteiger partial charge is 0.335 e. The Bertz CT molecular complexity index is 516. The van der Waals surface area contributed by atoms with Gasteiger partial charge in [-0.3, -0.25) is 4.79 Å². The predicted octanol–water partition coefficient (Wildman–Crippen LogP) is 2.88. The molecule has 1 unspecified atom stereocenters. The molecular formula is C18H26N2O. The van der Waals surface area contributed by atoms with Gasteiger partial charge in [-0.1, -0.05) is 36.8 Å². The quantitative estimate of drug-likeness (QED) is 0.902. The molecule has 21 heavy (non-hydrogen) atoms. The Balaban J connectivity index is 1.79. The van der Waals surface area contributed by atoms with Crippen molar-refractivity contribution in [3.05, 3.63) is 35.4 Å². The van der Waals surface area contributed by atoms with Gasteiger partial charge in [0.2, 0.25) is 5.91 Å². The van der Waals surface area contributed by atoms with Crippen molar-refractivity contribution in [2.75, 3.05) is 13.1 Å². The second-order valence-electron chi connectivity index (χ2n) is 6.71. The minimum atomic E-state index is -0.160. The Labute approximate surface area is 127 Å². The van der Waals surface area contributed by atoms with Gasteiger partial charge in [0.15, 0.2) is 0 Å². The van der Waals surface area contributed by atoms with Crippen LogP contribution in [0.15, 0.2) is 24.3 Å². The molecule has 1 heterocycles. The van der Waals surface area contributed by atoms with Gasteiger partial charge in [-0.15, -0.1) is 0 Å². The highest BCUT2D eigenvalue weighted by atomic mass is 16.2. The fourth-order valence-corrected chi connectivity index (χ4v) is 3.44. The summed E-state index contributed by atoms with van der Waals surface area (Å²) in [6.07, 6.45) is 4.27. The first-order valence-corrected chi connectivity index (χ1v) is 8.22. The zero-order valence-corrected chi connectivity index (χ0v) is 13.2. The molecule has 1 saturated heterocycles. The Morgan fingerprint density at radius 2 is 2.24 bits per heavy atom. The number of aryl methyl sites for hydroxylation is 1. The van der Waals surface area contributed by atoms with Crippen LogP contribution in [0.25, 0.3) is 0 Å². The van der Waals surface area contributed by atoms with Crippen molar-refractivity contribution in [2.24, 2.45) is 5.41 Å². The topological polar surface area (TPSA) is 32.3 Å². The molecule has 3 nitrogen and oxygen atoms in total. The van der Waals surface area contributed by atoms with E-state index in [9.17, 15) is 4.79 Å². The van der Waals surface area contributed by atoms with E-state index in [1.165, 1.54) is 24.0 Å². The van der Waals surface area contributed by atoms with Gasteiger partial charge in [-0.2, -0.15) is 0 Å². The first kappa shape index (κ1) is 14.6. The molecule has 1 aliphatic heterocycles. The minimum Gasteiger partial charge on any atom is -0.335 e. The fraction of sp³-hybridized carbons (Fsp3) is 0.611. The number of nitrogens with zero attached hydrogens (tertiary/aromatic N) is 1.